The van der Waals surface area contributed by atoms with Gasteiger partial charge in [0.2, 0.25) is 5.91 Å². The zero-order valence-electron chi connectivity index (χ0n) is 10.8. The first-order valence-corrected chi connectivity index (χ1v) is 5.74. The molecule has 0 fully saturated rings. The van der Waals surface area contributed by atoms with Gasteiger partial charge in [0.05, 0.1) is 13.0 Å². The van der Waals surface area contributed by atoms with Crippen LogP contribution in [0, 0.1) is 5.92 Å². The molecule has 0 aliphatic heterocycles. The highest BCUT2D eigenvalue weighted by Crippen LogP contribution is 2.03. The van der Waals surface area contributed by atoms with E-state index in [-0.39, 0.29) is 11.7 Å². The first-order valence-electron chi connectivity index (χ1n) is 5.74. The smallest absolute Gasteiger partial charge is 0.224 e. The van der Waals surface area contributed by atoms with Crippen molar-refractivity contribution in [2.45, 2.75) is 26.7 Å². The van der Waals surface area contributed by atoms with Gasteiger partial charge >= 0.3 is 0 Å². The predicted molar refractivity (Wildman–Crippen MR) is 65.9 cm³/mol. The molecule has 0 aliphatic carbocycles. The second kappa shape index (κ2) is 8.81. The Morgan fingerprint density at radius 3 is 2.59 bits per heavy atom. The first-order chi connectivity index (χ1) is 8.01. The maximum Gasteiger partial charge on any atom is 0.224 e. The molecule has 0 atom stereocenters. The van der Waals surface area contributed by atoms with E-state index in [0.29, 0.717) is 38.5 Å². The molecular weight excluding hydrogens is 222 g/mol. The summed E-state index contributed by atoms with van der Waals surface area (Å²) >= 11 is 0. The van der Waals surface area contributed by atoms with Crippen LogP contribution in [0.25, 0.3) is 0 Å². The van der Waals surface area contributed by atoms with Crippen molar-refractivity contribution in [3.05, 3.63) is 0 Å². The minimum atomic E-state index is 0.0336. The highest BCUT2D eigenvalue weighted by atomic mass is 16.5. The van der Waals surface area contributed by atoms with E-state index in [9.17, 15) is 4.79 Å². The third-order valence-corrected chi connectivity index (χ3v) is 2.22. The van der Waals surface area contributed by atoms with Crippen LogP contribution in [0.4, 0.5) is 0 Å². The lowest BCUT2D eigenvalue weighted by atomic mass is 10.2. The number of methoxy groups -OCH3 is 1. The topological polar surface area (TPSA) is 88.2 Å². The third kappa shape index (κ3) is 7.57. The molecule has 0 saturated heterocycles. The van der Waals surface area contributed by atoms with Gasteiger partial charge in [-0.25, -0.2) is 0 Å². The highest BCUT2D eigenvalue weighted by Gasteiger charge is 2.14. The first kappa shape index (κ1) is 15.7. The fourth-order valence-corrected chi connectivity index (χ4v) is 1.41. The number of amidine groups is 1. The Labute approximate surface area is 102 Å². The molecular formula is C11H23N3O3. The van der Waals surface area contributed by atoms with Crippen LogP contribution in [0.2, 0.25) is 0 Å². The van der Waals surface area contributed by atoms with E-state index in [0.717, 1.165) is 0 Å². The summed E-state index contributed by atoms with van der Waals surface area (Å²) in [7, 11) is 1.57. The molecule has 0 unspecified atom stereocenters. The average Bonchev–Trinajstić information content (AvgIpc) is 2.30. The largest absolute Gasteiger partial charge is 0.409 e. The number of carbonyl (C=O) groups excluding carboxylic acids is 1. The number of nitrogens with two attached hydrogens (primary N) is 1. The molecule has 0 aliphatic rings. The maximum absolute atomic E-state index is 11.8. The molecule has 100 valence electrons. The van der Waals surface area contributed by atoms with Crippen LogP contribution < -0.4 is 5.73 Å². The summed E-state index contributed by atoms with van der Waals surface area (Å²) in [6.07, 6.45) is 0.737. The van der Waals surface area contributed by atoms with Gasteiger partial charge in [-0.1, -0.05) is 19.0 Å². The SMILES string of the molecule is COCCC(=O)N(CCC(N)=NO)CC(C)C. The van der Waals surface area contributed by atoms with E-state index in [1.165, 1.54) is 0 Å². The Bertz CT molecular complexity index is 254. The fraction of sp³-hybridized carbons (Fsp3) is 0.818. The highest BCUT2D eigenvalue weighted by molar-refractivity contribution is 5.81. The lowest BCUT2D eigenvalue weighted by Crippen LogP contribution is -2.37. The molecule has 6 nitrogen and oxygen atoms in total. The Balaban J connectivity index is 4.26. The van der Waals surface area contributed by atoms with Gasteiger partial charge in [-0.15, -0.1) is 0 Å². The second-order valence-corrected chi connectivity index (χ2v) is 4.32. The minimum Gasteiger partial charge on any atom is -0.409 e. The van der Waals surface area contributed by atoms with Crippen LogP contribution in [0.1, 0.15) is 26.7 Å². The summed E-state index contributed by atoms with van der Waals surface area (Å²) in [6, 6.07) is 0. The molecule has 1 amide bonds. The van der Waals surface area contributed by atoms with Crippen LogP contribution in [0.3, 0.4) is 0 Å². The third-order valence-electron chi connectivity index (χ3n) is 2.22. The number of hydrogen-bond acceptors (Lipinski definition) is 4. The molecule has 0 rings (SSSR count). The van der Waals surface area contributed by atoms with E-state index in [2.05, 4.69) is 5.16 Å². The van der Waals surface area contributed by atoms with Crippen molar-refractivity contribution in [2.75, 3.05) is 26.8 Å². The number of hydrogen-bond donors (Lipinski definition) is 2. The van der Waals surface area contributed by atoms with Gasteiger partial charge in [0, 0.05) is 26.6 Å². The molecule has 0 saturated carbocycles. The molecule has 0 radical (unpaired) electrons. The van der Waals surface area contributed by atoms with E-state index < -0.39 is 0 Å². The van der Waals surface area contributed by atoms with E-state index in [1.54, 1.807) is 12.0 Å². The summed E-state index contributed by atoms with van der Waals surface area (Å²) in [5.41, 5.74) is 5.39. The predicted octanol–water partition coefficient (Wildman–Crippen LogP) is 0.644. The molecule has 0 bridgehead atoms. The van der Waals surface area contributed by atoms with Gasteiger partial charge in [-0.05, 0) is 5.92 Å². The zero-order valence-corrected chi connectivity index (χ0v) is 10.8. The Morgan fingerprint density at radius 1 is 1.47 bits per heavy atom. The van der Waals surface area contributed by atoms with Crippen molar-refractivity contribution in [1.29, 1.82) is 0 Å². The van der Waals surface area contributed by atoms with Crippen molar-refractivity contribution in [3.63, 3.8) is 0 Å². The van der Waals surface area contributed by atoms with Crippen LogP contribution in [-0.4, -0.2) is 48.7 Å². The van der Waals surface area contributed by atoms with Gasteiger partial charge in [0.25, 0.3) is 0 Å². The average molecular weight is 245 g/mol. The standard InChI is InChI=1S/C11H23N3O3/c1-9(2)8-14(6-4-10(12)13-16)11(15)5-7-17-3/h9,16H,4-8H2,1-3H3,(H2,12,13). The summed E-state index contributed by atoms with van der Waals surface area (Å²) in [6.45, 7) is 5.63. The zero-order chi connectivity index (χ0) is 13.3. The van der Waals surface area contributed by atoms with Crippen molar-refractivity contribution < 1.29 is 14.7 Å². The molecule has 17 heavy (non-hydrogen) atoms. The summed E-state index contributed by atoms with van der Waals surface area (Å²) in [5, 5.41) is 11.3. The fourth-order valence-electron chi connectivity index (χ4n) is 1.41. The number of ether oxygens (including phenoxy) is 1. The number of amides is 1. The van der Waals surface area contributed by atoms with Gasteiger partial charge in [-0.2, -0.15) is 0 Å². The summed E-state index contributed by atoms with van der Waals surface area (Å²) < 4.78 is 4.88. The molecule has 0 aromatic rings. The molecule has 0 aromatic carbocycles. The number of oxime groups is 1. The maximum atomic E-state index is 11.8. The van der Waals surface area contributed by atoms with Crippen LogP contribution in [0.15, 0.2) is 5.16 Å². The monoisotopic (exact) mass is 245 g/mol. The van der Waals surface area contributed by atoms with Crippen LogP contribution >= 0.6 is 0 Å². The van der Waals surface area contributed by atoms with Gasteiger partial charge in [0.15, 0.2) is 0 Å². The summed E-state index contributed by atoms with van der Waals surface area (Å²) in [4.78, 5) is 13.6. The van der Waals surface area contributed by atoms with E-state index >= 15 is 0 Å². The Kier molecular flexibility index (Phi) is 8.13. The molecule has 6 heteroatoms. The molecule has 3 N–H and O–H groups in total. The van der Waals surface area contributed by atoms with Crippen molar-refractivity contribution in [1.82, 2.24) is 4.90 Å². The number of rotatable bonds is 8. The Morgan fingerprint density at radius 2 is 2.12 bits per heavy atom. The molecule has 0 aromatic heterocycles. The van der Waals surface area contributed by atoms with Gasteiger partial charge in [-0.3, -0.25) is 4.79 Å². The van der Waals surface area contributed by atoms with E-state index in [4.69, 9.17) is 15.7 Å². The lowest BCUT2D eigenvalue weighted by molar-refractivity contribution is -0.132. The van der Waals surface area contributed by atoms with Crippen molar-refractivity contribution in [3.8, 4) is 0 Å². The number of carbonyl (C=O) groups is 1. The normalized spacial score (nSPS) is 11.9. The second-order valence-electron chi connectivity index (χ2n) is 4.32. The van der Waals surface area contributed by atoms with Crippen LogP contribution in [-0.2, 0) is 9.53 Å². The van der Waals surface area contributed by atoms with Gasteiger partial charge < -0.3 is 20.6 Å². The van der Waals surface area contributed by atoms with E-state index in [1.807, 2.05) is 13.8 Å². The lowest BCUT2D eigenvalue weighted by Gasteiger charge is -2.24. The van der Waals surface area contributed by atoms with Gasteiger partial charge in [0.1, 0.15) is 5.84 Å². The quantitative estimate of drug-likeness (QED) is 0.284. The summed E-state index contributed by atoms with van der Waals surface area (Å²) in [5.74, 6) is 0.554. The molecule has 0 spiro atoms. The number of nitrogens with zero attached hydrogens (tertiary/aromatic N) is 2. The Hall–Kier alpha value is -1.30. The van der Waals surface area contributed by atoms with Crippen molar-refractivity contribution >= 4 is 11.7 Å². The molecule has 0 heterocycles. The van der Waals surface area contributed by atoms with Crippen molar-refractivity contribution in [2.24, 2.45) is 16.8 Å². The van der Waals surface area contributed by atoms with Crippen LogP contribution in [0.5, 0.6) is 0 Å². The minimum absolute atomic E-state index is 0.0336.